The highest BCUT2D eigenvalue weighted by Gasteiger charge is 2.27. The molecule has 2 aromatic carbocycles. The van der Waals surface area contributed by atoms with Gasteiger partial charge in [-0.2, -0.15) is 0 Å². The summed E-state index contributed by atoms with van der Waals surface area (Å²) < 4.78 is 5.64. The summed E-state index contributed by atoms with van der Waals surface area (Å²) in [5, 5.41) is 5.92. The van der Waals surface area contributed by atoms with Crippen molar-refractivity contribution in [3.05, 3.63) is 94.4 Å². The SMILES string of the molecule is O=C(NCc1ccccc1Cl)C(=O)NC[C@H](c1ccco1)N1CCc2ccccc2C1. The Hall–Kier alpha value is -3.09. The lowest BCUT2D eigenvalue weighted by atomic mass is 9.98. The molecule has 7 heteroatoms. The summed E-state index contributed by atoms with van der Waals surface area (Å²) in [6, 6.07) is 19.1. The van der Waals surface area contributed by atoms with Gasteiger partial charge in [0.1, 0.15) is 5.76 Å². The molecule has 0 aliphatic carbocycles. The molecule has 0 fully saturated rings. The second kappa shape index (κ2) is 9.81. The molecule has 0 saturated heterocycles. The Labute approximate surface area is 186 Å². The highest BCUT2D eigenvalue weighted by atomic mass is 35.5. The molecule has 2 heterocycles. The predicted molar refractivity (Wildman–Crippen MR) is 118 cm³/mol. The van der Waals surface area contributed by atoms with E-state index in [0.717, 1.165) is 30.8 Å². The Bertz CT molecular complexity index is 1050. The molecule has 2 N–H and O–H groups in total. The zero-order chi connectivity index (χ0) is 21.6. The number of rotatable bonds is 6. The number of carbonyl (C=O) groups excluding carboxylic acids is 2. The van der Waals surface area contributed by atoms with Crippen molar-refractivity contribution in [2.75, 3.05) is 13.1 Å². The topological polar surface area (TPSA) is 74.6 Å². The lowest BCUT2D eigenvalue weighted by molar-refractivity contribution is -0.139. The third kappa shape index (κ3) is 5.16. The maximum atomic E-state index is 12.4. The number of fused-ring (bicyclic) bond motifs is 1. The summed E-state index contributed by atoms with van der Waals surface area (Å²) in [7, 11) is 0. The zero-order valence-electron chi connectivity index (χ0n) is 17.0. The van der Waals surface area contributed by atoms with Crippen molar-refractivity contribution in [2.45, 2.75) is 25.6 Å². The number of hydrogen-bond donors (Lipinski definition) is 2. The Morgan fingerprint density at radius 3 is 2.48 bits per heavy atom. The number of halogens is 1. The minimum absolute atomic E-state index is 0.163. The highest BCUT2D eigenvalue weighted by Crippen LogP contribution is 2.27. The fraction of sp³-hybridized carbons (Fsp3) is 0.250. The van der Waals surface area contributed by atoms with Crippen molar-refractivity contribution in [1.82, 2.24) is 15.5 Å². The fourth-order valence-electron chi connectivity index (χ4n) is 3.84. The van der Waals surface area contributed by atoms with Gasteiger partial charge in [0, 0.05) is 31.2 Å². The van der Waals surface area contributed by atoms with Crippen molar-refractivity contribution in [1.29, 1.82) is 0 Å². The van der Waals surface area contributed by atoms with Crippen molar-refractivity contribution in [2.24, 2.45) is 0 Å². The summed E-state index contributed by atoms with van der Waals surface area (Å²) in [6.07, 6.45) is 2.55. The van der Waals surface area contributed by atoms with E-state index in [4.69, 9.17) is 16.0 Å². The van der Waals surface area contributed by atoms with Gasteiger partial charge >= 0.3 is 11.8 Å². The first kappa shape index (κ1) is 21.2. The lowest BCUT2D eigenvalue weighted by Crippen LogP contribution is -2.45. The molecule has 0 bridgehead atoms. The molecule has 31 heavy (non-hydrogen) atoms. The third-order valence-corrected chi connectivity index (χ3v) is 5.90. The number of nitrogens with one attached hydrogen (secondary N) is 2. The minimum Gasteiger partial charge on any atom is -0.468 e. The van der Waals surface area contributed by atoms with E-state index in [9.17, 15) is 9.59 Å². The van der Waals surface area contributed by atoms with Crippen LogP contribution in [0.2, 0.25) is 5.02 Å². The van der Waals surface area contributed by atoms with Gasteiger partial charge < -0.3 is 15.1 Å². The number of nitrogens with zero attached hydrogens (tertiary/aromatic N) is 1. The summed E-state index contributed by atoms with van der Waals surface area (Å²) in [6.45, 7) is 2.07. The van der Waals surface area contributed by atoms with Crippen LogP contribution in [0.3, 0.4) is 0 Å². The van der Waals surface area contributed by atoms with Crippen molar-refractivity contribution < 1.29 is 14.0 Å². The van der Waals surface area contributed by atoms with Crippen LogP contribution >= 0.6 is 11.6 Å². The van der Waals surface area contributed by atoms with Crippen LogP contribution in [0.15, 0.2) is 71.3 Å². The minimum atomic E-state index is -0.692. The Balaban J connectivity index is 1.37. The van der Waals surface area contributed by atoms with Gasteiger partial charge in [-0.3, -0.25) is 14.5 Å². The maximum absolute atomic E-state index is 12.4. The van der Waals surface area contributed by atoms with Gasteiger partial charge in [-0.1, -0.05) is 54.1 Å². The van der Waals surface area contributed by atoms with E-state index in [0.29, 0.717) is 5.02 Å². The maximum Gasteiger partial charge on any atom is 0.309 e. The zero-order valence-corrected chi connectivity index (χ0v) is 17.8. The normalized spacial score (nSPS) is 14.5. The van der Waals surface area contributed by atoms with E-state index in [1.807, 2.05) is 36.4 Å². The second-order valence-corrected chi connectivity index (χ2v) is 7.91. The summed E-state index contributed by atoms with van der Waals surface area (Å²) >= 11 is 6.10. The van der Waals surface area contributed by atoms with Crippen LogP contribution in [0.5, 0.6) is 0 Å². The van der Waals surface area contributed by atoms with Crippen LogP contribution in [0.25, 0.3) is 0 Å². The first-order valence-electron chi connectivity index (χ1n) is 10.3. The molecule has 0 unspecified atom stereocenters. The standard InChI is InChI=1S/C24H24ClN3O3/c25-20-9-4-3-7-18(20)14-26-23(29)24(30)27-15-21(22-10-5-13-31-22)28-12-11-17-6-1-2-8-19(17)16-28/h1-10,13,21H,11-12,14-16H2,(H,26,29)(H,27,30)/t21-/m1/s1. The molecule has 0 spiro atoms. The summed E-state index contributed by atoms with van der Waals surface area (Å²) in [5.74, 6) is -0.612. The van der Waals surface area contributed by atoms with Crippen molar-refractivity contribution in [3.63, 3.8) is 0 Å². The lowest BCUT2D eigenvalue weighted by Gasteiger charge is -2.34. The molecule has 1 aliphatic heterocycles. The van der Waals surface area contributed by atoms with Crippen LogP contribution in [0, 0.1) is 0 Å². The quantitative estimate of drug-likeness (QED) is 0.579. The van der Waals surface area contributed by atoms with Crippen LogP contribution < -0.4 is 10.6 Å². The Morgan fingerprint density at radius 2 is 1.71 bits per heavy atom. The van der Waals surface area contributed by atoms with E-state index in [1.165, 1.54) is 11.1 Å². The largest absolute Gasteiger partial charge is 0.468 e. The van der Waals surface area contributed by atoms with E-state index in [2.05, 4.69) is 33.7 Å². The van der Waals surface area contributed by atoms with Crippen LogP contribution in [0.1, 0.15) is 28.5 Å². The van der Waals surface area contributed by atoms with Crippen molar-refractivity contribution >= 4 is 23.4 Å². The van der Waals surface area contributed by atoms with E-state index < -0.39 is 11.8 Å². The number of benzene rings is 2. The van der Waals surface area contributed by atoms with E-state index in [-0.39, 0.29) is 19.1 Å². The molecule has 1 aliphatic rings. The molecule has 160 valence electrons. The molecule has 1 aromatic heterocycles. The molecule has 0 radical (unpaired) electrons. The Morgan fingerprint density at radius 1 is 0.968 bits per heavy atom. The first-order chi connectivity index (χ1) is 15.1. The third-order valence-electron chi connectivity index (χ3n) is 5.53. The van der Waals surface area contributed by atoms with E-state index in [1.54, 1.807) is 12.3 Å². The van der Waals surface area contributed by atoms with E-state index >= 15 is 0 Å². The number of hydrogen-bond acceptors (Lipinski definition) is 4. The van der Waals surface area contributed by atoms with Crippen molar-refractivity contribution in [3.8, 4) is 0 Å². The molecule has 6 nitrogen and oxygen atoms in total. The number of amides is 2. The summed E-state index contributed by atoms with van der Waals surface area (Å²) in [5.41, 5.74) is 3.37. The molecule has 4 rings (SSSR count). The van der Waals surface area contributed by atoms with Gasteiger partial charge in [0.2, 0.25) is 0 Å². The second-order valence-electron chi connectivity index (χ2n) is 7.50. The molecule has 0 saturated carbocycles. The van der Waals surface area contributed by atoms with Gasteiger partial charge in [0.25, 0.3) is 0 Å². The highest BCUT2D eigenvalue weighted by molar-refractivity contribution is 6.35. The predicted octanol–water partition coefficient (Wildman–Crippen LogP) is 3.47. The fourth-order valence-corrected chi connectivity index (χ4v) is 4.04. The monoisotopic (exact) mass is 437 g/mol. The average Bonchev–Trinajstić information content (AvgIpc) is 3.33. The smallest absolute Gasteiger partial charge is 0.309 e. The van der Waals surface area contributed by atoms with Gasteiger partial charge in [0.15, 0.2) is 0 Å². The molecular formula is C24H24ClN3O3. The molecular weight excluding hydrogens is 414 g/mol. The van der Waals surface area contributed by atoms with Crippen LogP contribution in [-0.2, 0) is 29.1 Å². The van der Waals surface area contributed by atoms with Gasteiger partial charge in [-0.05, 0) is 41.3 Å². The van der Waals surface area contributed by atoms with Gasteiger partial charge in [-0.15, -0.1) is 0 Å². The molecule has 1 atom stereocenters. The average molecular weight is 438 g/mol. The number of furan rings is 1. The Kier molecular flexibility index (Phi) is 6.70. The number of carbonyl (C=O) groups is 2. The first-order valence-corrected chi connectivity index (χ1v) is 10.6. The van der Waals surface area contributed by atoms with Gasteiger partial charge in [-0.25, -0.2) is 0 Å². The molecule has 3 aromatic rings. The van der Waals surface area contributed by atoms with Crippen LogP contribution in [0.4, 0.5) is 0 Å². The van der Waals surface area contributed by atoms with Crippen LogP contribution in [-0.4, -0.2) is 29.8 Å². The van der Waals surface area contributed by atoms with Gasteiger partial charge in [0.05, 0.1) is 12.3 Å². The molecule has 2 amide bonds. The summed E-state index contributed by atoms with van der Waals surface area (Å²) in [4.78, 5) is 26.9.